The molecule has 1 fully saturated rings. The van der Waals surface area contributed by atoms with E-state index in [1.807, 2.05) is 4.90 Å². The van der Waals surface area contributed by atoms with Gasteiger partial charge in [-0.25, -0.2) is 0 Å². The maximum atomic E-state index is 12.5. The van der Waals surface area contributed by atoms with Crippen LogP contribution in [0.25, 0.3) is 0 Å². The predicted octanol–water partition coefficient (Wildman–Crippen LogP) is 2.21. The molecule has 5 nitrogen and oxygen atoms in total. The molecule has 0 radical (unpaired) electrons. The molecule has 1 atom stereocenters. The average Bonchev–Trinajstić information content (AvgIpc) is 2.78. The van der Waals surface area contributed by atoms with Gasteiger partial charge in [0.1, 0.15) is 0 Å². The lowest BCUT2D eigenvalue weighted by Crippen LogP contribution is -2.32. The van der Waals surface area contributed by atoms with Crippen molar-refractivity contribution in [2.75, 3.05) is 19.7 Å². The molecule has 2 N–H and O–H groups in total. The topological polar surface area (TPSA) is 72.6 Å². The average molecular weight is 304 g/mol. The van der Waals surface area contributed by atoms with Crippen LogP contribution in [-0.4, -0.2) is 42.5 Å². The summed E-state index contributed by atoms with van der Waals surface area (Å²) >= 11 is 0. The van der Waals surface area contributed by atoms with Crippen molar-refractivity contribution in [3.05, 3.63) is 35.4 Å². The Bertz CT molecular complexity index is 513. The lowest BCUT2D eigenvalue weighted by atomic mass is 10.1. The summed E-state index contributed by atoms with van der Waals surface area (Å²) in [6.07, 6.45) is 4.12. The number of benzene rings is 1. The van der Waals surface area contributed by atoms with Gasteiger partial charge >= 0.3 is 0 Å². The van der Waals surface area contributed by atoms with Crippen LogP contribution < -0.4 is 5.73 Å². The number of rotatable bonds is 5. The number of ether oxygens (including phenoxy) is 1. The van der Waals surface area contributed by atoms with Crippen LogP contribution in [-0.2, 0) is 4.74 Å². The number of amides is 2. The number of nitrogens with zero attached hydrogens (tertiary/aromatic N) is 1. The predicted molar refractivity (Wildman–Crippen MR) is 84.7 cm³/mol. The van der Waals surface area contributed by atoms with Crippen molar-refractivity contribution in [1.82, 2.24) is 4.90 Å². The molecular formula is C17H24N2O3. The molecule has 1 aromatic carbocycles. The molecule has 2 rings (SSSR count). The maximum Gasteiger partial charge on any atom is 0.253 e. The Morgan fingerprint density at radius 1 is 1.18 bits per heavy atom. The highest BCUT2D eigenvalue weighted by molar-refractivity contribution is 5.97. The van der Waals surface area contributed by atoms with Crippen molar-refractivity contribution in [1.29, 1.82) is 0 Å². The van der Waals surface area contributed by atoms with Crippen molar-refractivity contribution in [3.63, 3.8) is 0 Å². The van der Waals surface area contributed by atoms with Crippen molar-refractivity contribution < 1.29 is 14.3 Å². The third-order valence-electron chi connectivity index (χ3n) is 3.94. The fraction of sp³-hybridized carbons (Fsp3) is 0.529. The first-order valence-corrected chi connectivity index (χ1v) is 7.92. The number of hydrogen-bond donors (Lipinski definition) is 1. The first kappa shape index (κ1) is 16.5. The van der Waals surface area contributed by atoms with Crippen LogP contribution in [0.1, 0.15) is 53.3 Å². The number of carbonyl (C=O) groups is 2. The molecule has 0 saturated carbocycles. The Hall–Kier alpha value is -1.88. The number of nitrogens with two attached hydrogens (primary N) is 1. The van der Waals surface area contributed by atoms with Crippen LogP contribution in [0.4, 0.5) is 0 Å². The zero-order valence-electron chi connectivity index (χ0n) is 13.1. The third-order valence-corrected chi connectivity index (χ3v) is 3.94. The zero-order valence-corrected chi connectivity index (χ0v) is 13.1. The van der Waals surface area contributed by atoms with Crippen LogP contribution in [0.2, 0.25) is 0 Å². The summed E-state index contributed by atoms with van der Waals surface area (Å²) in [5, 5.41) is 0. The van der Waals surface area contributed by atoms with Gasteiger partial charge in [0, 0.05) is 30.8 Å². The van der Waals surface area contributed by atoms with E-state index in [0.717, 1.165) is 38.8 Å². The molecule has 1 aliphatic rings. The third kappa shape index (κ3) is 4.31. The highest BCUT2D eigenvalue weighted by atomic mass is 16.5. The van der Waals surface area contributed by atoms with Crippen molar-refractivity contribution in [2.45, 2.75) is 38.7 Å². The van der Waals surface area contributed by atoms with E-state index >= 15 is 0 Å². The lowest BCUT2D eigenvalue weighted by Gasteiger charge is -2.21. The summed E-state index contributed by atoms with van der Waals surface area (Å²) in [7, 11) is 0. The normalized spacial score (nSPS) is 18.8. The molecule has 1 unspecified atom stereocenters. The van der Waals surface area contributed by atoms with Gasteiger partial charge in [0.05, 0.1) is 6.10 Å². The zero-order chi connectivity index (χ0) is 15.9. The maximum absolute atomic E-state index is 12.5. The van der Waals surface area contributed by atoms with Crippen LogP contribution in [0, 0.1) is 0 Å². The van der Waals surface area contributed by atoms with E-state index in [1.54, 1.807) is 24.3 Å². The Kier molecular flexibility index (Phi) is 5.95. The summed E-state index contributed by atoms with van der Waals surface area (Å²) < 4.78 is 5.80. The second-order valence-electron chi connectivity index (χ2n) is 5.66. The van der Waals surface area contributed by atoms with Gasteiger partial charge in [-0.05, 0) is 49.9 Å². The van der Waals surface area contributed by atoms with E-state index < -0.39 is 5.91 Å². The monoisotopic (exact) mass is 304 g/mol. The minimum absolute atomic E-state index is 0.00663. The Balaban J connectivity index is 1.96. The summed E-state index contributed by atoms with van der Waals surface area (Å²) in [4.78, 5) is 25.5. The highest BCUT2D eigenvalue weighted by Gasteiger charge is 2.21. The minimum atomic E-state index is -0.482. The molecule has 120 valence electrons. The van der Waals surface area contributed by atoms with E-state index in [2.05, 4.69) is 6.92 Å². The SMILES string of the molecule is CCCOC1CCCN(C(=O)c2ccc(C(N)=O)cc2)CC1. The van der Waals surface area contributed by atoms with Crippen molar-refractivity contribution >= 4 is 11.8 Å². The largest absolute Gasteiger partial charge is 0.378 e. The van der Waals surface area contributed by atoms with Crippen LogP contribution in [0.5, 0.6) is 0 Å². The number of primary amides is 1. The van der Waals surface area contributed by atoms with Crippen LogP contribution in [0.15, 0.2) is 24.3 Å². The van der Waals surface area contributed by atoms with Gasteiger partial charge in [-0.15, -0.1) is 0 Å². The molecule has 2 amide bonds. The van der Waals surface area contributed by atoms with Gasteiger partial charge < -0.3 is 15.4 Å². The molecular weight excluding hydrogens is 280 g/mol. The first-order valence-electron chi connectivity index (χ1n) is 7.92. The van der Waals surface area contributed by atoms with Gasteiger partial charge in [0.2, 0.25) is 5.91 Å². The number of carbonyl (C=O) groups excluding carboxylic acids is 2. The molecule has 1 saturated heterocycles. The van der Waals surface area contributed by atoms with E-state index in [1.165, 1.54) is 0 Å². The summed E-state index contributed by atoms with van der Waals surface area (Å²) in [5.74, 6) is -0.475. The van der Waals surface area contributed by atoms with Gasteiger partial charge in [-0.1, -0.05) is 6.92 Å². The molecule has 22 heavy (non-hydrogen) atoms. The van der Waals surface area contributed by atoms with Crippen LogP contribution >= 0.6 is 0 Å². The van der Waals surface area contributed by atoms with E-state index in [4.69, 9.17) is 10.5 Å². The minimum Gasteiger partial charge on any atom is -0.378 e. The Morgan fingerprint density at radius 2 is 1.86 bits per heavy atom. The summed E-state index contributed by atoms with van der Waals surface area (Å²) in [6, 6.07) is 6.53. The Labute approximate surface area is 131 Å². The number of likely N-dealkylation sites (tertiary alicyclic amines) is 1. The van der Waals surface area contributed by atoms with Gasteiger partial charge in [0.15, 0.2) is 0 Å². The molecule has 0 bridgehead atoms. The first-order chi connectivity index (χ1) is 10.6. The molecule has 1 aromatic rings. The smallest absolute Gasteiger partial charge is 0.253 e. The van der Waals surface area contributed by atoms with Gasteiger partial charge in [-0.3, -0.25) is 9.59 Å². The standard InChI is InChI=1S/C17H24N2O3/c1-2-12-22-15-4-3-10-19(11-9-15)17(21)14-7-5-13(6-8-14)16(18)20/h5-8,15H,2-4,9-12H2,1H3,(H2,18,20). The summed E-state index contributed by atoms with van der Waals surface area (Å²) in [5.41, 5.74) is 6.22. The molecule has 1 aliphatic heterocycles. The Morgan fingerprint density at radius 3 is 2.50 bits per heavy atom. The molecule has 0 aliphatic carbocycles. The quantitative estimate of drug-likeness (QED) is 0.906. The van der Waals surface area contributed by atoms with Crippen molar-refractivity contribution in [2.24, 2.45) is 5.73 Å². The van der Waals surface area contributed by atoms with Gasteiger partial charge in [-0.2, -0.15) is 0 Å². The van der Waals surface area contributed by atoms with E-state index in [-0.39, 0.29) is 12.0 Å². The molecule has 0 spiro atoms. The fourth-order valence-corrected chi connectivity index (χ4v) is 2.68. The molecule has 1 heterocycles. The fourth-order valence-electron chi connectivity index (χ4n) is 2.68. The van der Waals surface area contributed by atoms with Crippen molar-refractivity contribution in [3.8, 4) is 0 Å². The second kappa shape index (κ2) is 7.94. The van der Waals surface area contributed by atoms with E-state index in [0.29, 0.717) is 17.7 Å². The summed E-state index contributed by atoms with van der Waals surface area (Å²) in [6.45, 7) is 4.35. The number of hydrogen-bond acceptors (Lipinski definition) is 3. The molecule has 5 heteroatoms. The highest BCUT2D eigenvalue weighted by Crippen LogP contribution is 2.17. The molecule has 0 aromatic heterocycles. The lowest BCUT2D eigenvalue weighted by molar-refractivity contribution is 0.0432. The van der Waals surface area contributed by atoms with E-state index in [9.17, 15) is 9.59 Å². The van der Waals surface area contributed by atoms with Gasteiger partial charge in [0.25, 0.3) is 5.91 Å². The van der Waals surface area contributed by atoms with Crippen LogP contribution in [0.3, 0.4) is 0 Å². The second-order valence-corrected chi connectivity index (χ2v) is 5.66.